The Morgan fingerprint density at radius 3 is 2.82 bits per heavy atom. The normalized spacial score (nSPS) is 16.1. The molecule has 1 fully saturated rings. The summed E-state index contributed by atoms with van der Waals surface area (Å²) in [5.74, 6) is 0.821. The van der Waals surface area contributed by atoms with Crippen LogP contribution < -0.4 is 10.6 Å². The third-order valence-corrected chi connectivity index (χ3v) is 5.97. The summed E-state index contributed by atoms with van der Waals surface area (Å²) >= 11 is 11.6. The molecule has 118 valence electrons. The second-order valence-corrected chi connectivity index (χ2v) is 8.21. The topological polar surface area (TPSA) is 24.1 Å². The van der Waals surface area contributed by atoms with Gasteiger partial charge in [0.15, 0.2) is 0 Å². The van der Waals surface area contributed by atoms with Crippen molar-refractivity contribution in [1.82, 2.24) is 10.6 Å². The third-order valence-electron chi connectivity index (χ3n) is 4.05. The molecule has 0 saturated carbocycles. The Labute approximate surface area is 149 Å². The smallest absolute Gasteiger partial charge is 0.0503 e. The highest BCUT2D eigenvalue weighted by atomic mass is 79.9. The van der Waals surface area contributed by atoms with E-state index in [0.29, 0.717) is 0 Å². The second kappa shape index (κ2) is 7.93. The molecule has 1 aromatic carbocycles. The summed E-state index contributed by atoms with van der Waals surface area (Å²) in [5, 5.41) is 7.81. The first-order valence-corrected chi connectivity index (χ1v) is 9.66. The van der Waals surface area contributed by atoms with Gasteiger partial charge in [0.25, 0.3) is 0 Å². The number of piperidine rings is 1. The first-order valence-electron chi connectivity index (χ1n) is 7.68. The van der Waals surface area contributed by atoms with E-state index in [2.05, 4.69) is 44.8 Å². The van der Waals surface area contributed by atoms with E-state index in [4.69, 9.17) is 11.6 Å². The second-order valence-electron chi connectivity index (χ2n) is 5.71. The van der Waals surface area contributed by atoms with E-state index in [1.807, 2.05) is 23.5 Å². The van der Waals surface area contributed by atoms with Gasteiger partial charge in [-0.3, -0.25) is 0 Å². The SMILES string of the molecule is Clc1cc(Br)ccc1-c1ccc(CNCC2CCNCC2)s1. The molecule has 0 spiro atoms. The first-order chi connectivity index (χ1) is 10.7. The monoisotopic (exact) mass is 398 g/mol. The number of halogens is 2. The van der Waals surface area contributed by atoms with Gasteiger partial charge in [0, 0.05) is 26.3 Å². The van der Waals surface area contributed by atoms with Crippen LogP contribution >= 0.6 is 38.9 Å². The number of thiophene rings is 1. The maximum absolute atomic E-state index is 6.33. The van der Waals surface area contributed by atoms with Crippen molar-refractivity contribution in [3.63, 3.8) is 0 Å². The lowest BCUT2D eigenvalue weighted by molar-refractivity contribution is 0.357. The maximum atomic E-state index is 6.33. The Balaban J connectivity index is 1.56. The maximum Gasteiger partial charge on any atom is 0.0503 e. The Bertz CT molecular complexity index is 623. The van der Waals surface area contributed by atoms with Crippen molar-refractivity contribution in [3.05, 3.63) is 44.7 Å². The molecule has 0 radical (unpaired) electrons. The zero-order valence-corrected chi connectivity index (χ0v) is 15.5. The molecular weight excluding hydrogens is 380 g/mol. The van der Waals surface area contributed by atoms with Crippen molar-refractivity contribution >= 4 is 38.9 Å². The summed E-state index contributed by atoms with van der Waals surface area (Å²) in [7, 11) is 0. The summed E-state index contributed by atoms with van der Waals surface area (Å²) in [5.41, 5.74) is 1.11. The van der Waals surface area contributed by atoms with Crippen molar-refractivity contribution in [1.29, 1.82) is 0 Å². The van der Waals surface area contributed by atoms with E-state index in [1.54, 1.807) is 0 Å². The fraction of sp³-hybridized carbons (Fsp3) is 0.412. The highest BCUT2D eigenvalue weighted by molar-refractivity contribution is 9.10. The number of rotatable bonds is 5. The highest BCUT2D eigenvalue weighted by Crippen LogP contribution is 2.34. The number of hydrogen-bond acceptors (Lipinski definition) is 3. The summed E-state index contributed by atoms with van der Waals surface area (Å²) in [6.07, 6.45) is 2.58. The average molecular weight is 400 g/mol. The van der Waals surface area contributed by atoms with Crippen molar-refractivity contribution in [3.8, 4) is 10.4 Å². The quantitative estimate of drug-likeness (QED) is 0.745. The van der Waals surface area contributed by atoms with Gasteiger partial charge in [-0.2, -0.15) is 0 Å². The fourth-order valence-corrected chi connectivity index (χ4v) is 4.64. The van der Waals surface area contributed by atoms with Crippen molar-refractivity contribution in [2.45, 2.75) is 19.4 Å². The Morgan fingerprint density at radius 2 is 2.05 bits per heavy atom. The average Bonchev–Trinajstić information content (AvgIpc) is 2.97. The lowest BCUT2D eigenvalue weighted by Crippen LogP contribution is -2.33. The minimum atomic E-state index is 0.797. The van der Waals surface area contributed by atoms with Crippen LogP contribution in [0.1, 0.15) is 17.7 Å². The molecule has 2 heterocycles. The van der Waals surface area contributed by atoms with Crippen molar-refractivity contribution < 1.29 is 0 Å². The largest absolute Gasteiger partial charge is 0.317 e. The van der Waals surface area contributed by atoms with Crippen LogP contribution in [0.2, 0.25) is 5.02 Å². The first kappa shape index (κ1) is 16.5. The molecule has 0 bridgehead atoms. The summed E-state index contributed by atoms with van der Waals surface area (Å²) in [4.78, 5) is 2.60. The van der Waals surface area contributed by atoms with Gasteiger partial charge in [0.05, 0.1) is 5.02 Å². The van der Waals surface area contributed by atoms with Crippen LogP contribution in [0.5, 0.6) is 0 Å². The van der Waals surface area contributed by atoms with Gasteiger partial charge < -0.3 is 10.6 Å². The van der Waals surface area contributed by atoms with Gasteiger partial charge in [0.1, 0.15) is 0 Å². The molecule has 5 heteroatoms. The molecule has 0 amide bonds. The Morgan fingerprint density at radius 1 is 1.23 bits per heavy atom. The zero-order valence-electron chi connectivity index (χ0n) is 12.4. The molecule has 0 unspecified atom stereocenters. The summed E-state index contributed by atoms with van der Waals surface area (Å²) < 4.78 is 1.02. The van der Waals surface area contributed by atoms with Crippen LogP contribution in [0.4, 0.5) is 0 Å². The molecule has 1 saturated heterocycles. The van der Waals surface area contributed by atoms with Crippen LogP contribution in [0.15, 0.2) is 34.8 Å². The minimum Gasteiger partial charge on any atom is -0.317 e. The van der Waals surface area contributed by atoms with Crippen LogP contribution in [-0.4, -0.2) is 19.6 Å². The molecule has 0 aliphatic carbocycles. The van der Waals surface area contributed by atoms with Gasteiger partial charge in [-0.1, -0.05) is 33.6 Å². The molecule has 1 aliphatic rings. The predicted octanol–water partition coefficient (Wildman–Crippen LogP) is 4.92. The molecule has 3 rings (SSSR count). The number of hydrogen-bond donors (Lipinski definition) is 2. The summed E-state index contributed by atoms with van der Waals surface area (Å²) in [6, 6.07) is 10.4. The van der Waals surface area contributed by atoms with Crippen LogP contribution in [0.25, 0.3) is 10.4 Å². The molecule has 0 atom stereocenters. The molecular formula is C17H20BrClN2S. The van der Waals surface area contributed by atoms with Crippen molar-refractivity contribution in [2.24, 2.45) is 5.92 Å². The van der Waals surface area contributed by atoms with Gasteiger partial charge in [-0.25, -0.2) is 0 Å². The molecule has 2 aromatic rings. The van der Waals surface area contributed by atoms with E-state index >= 15 is 0 Å². The zero-order chi connectivity index (χ0) is 15.4. The van der Waals surface area contributed by atoms with E-state index in [9.17, 15) is 0 Å². The Kier molecular flexibility index (Phi) is 5.94. The molecule has 2 N–H and O–H groups in total. The molecule has 2 nitrogen and oxygen atoms in total. The predicted molar refractivity (Wildman–Crippen MR) is 99.8 cm³/mol. The Hall–Kier alpha value is -0.390. The van der Waals surface area contributed by atoms with Gasteiger partial charge in [0.2, 0.25) is 0 Å². The van der Waals surface area contributed by atoms with Crippen LogP contribution in [0.3, 0.4) is 0 Å². The van der Waals surface area contributed by atoms with Gasteiger partial charge >= 0.3 is 0 Å². The molecule has 22 heavy (non-hydrogen) atoms. The van der Waals surface area contributed by atoms with Gasteiger partial charge in [-0.15, -0.1) is 11.3 Å². The fourth-order valence-electron chi connectivity index (χ4n) is 2.79. The lowest BCUT2D eigenvalue weighted by atomic mass is 9.98. The lowest BCUT2D eigenvalue weighted by Gasteiger charge is -2.22. The van der Waals surface area contributed by atoms with E-state index < -0.39 is 0 Å². The molecule has 1 aromatic heterocycles. The number of nitrogens with one attached hydrogen (secondary N) is 2. The van der Waals surface area contributed by atoms with Crippen LogP contribution in [-0.2, 0) is 6.54 Å². The van der Waals surface area contributed by atoms with E-state index in [-0.39, 0.29) is 0 Å². The van der Waals surface area contributed by atoms with Crippen LogP contribution in [0, 0.1) is 5.92 Å². The highest BCUT2D eigenvalue weighted by Gasteiger charge is 2.12. The standard InChI is InChI=1S/C17H20BrClN2S/c18-13-1-3-15(16(19)9-13)17-4-2-14(22-17)11-21-10-12-5-7-20-8-6-12/h1-4,9,12,20-21H,5-8,10-11H2. The van der Waals surface area contributed by atoms with E-state index in [0.717, 1.165) is 47.2 Å². The van der Waals surface area contributed by atoms with Crippen molar-refractivity contribution in [2.75, 3.05) is 19.6 Å². The third kappa shape index (κ3) is 4.33. The minimum absolute atomic E-state index is 0.797. The van der Waals surface area contributed by atoms with Gasteiger partial charge in [-0.05, 0) is 62.7 Å². The summed E-state index contributed by atoms with van der Waals surface area (Å²) in [6.45, 7) is 4.39. The van der Waals surface area contributed by atoms with E-state index in [1.165, 1.54) is 22.6 Å². The molecule has 1 aliphatic heterocycles. The number of benzene rings is 1.